The Balaban J connectivity index is 2.37. The molecule has 0 atom stereocenters. The van der Waals surface area contributed by atoms with Gasteiger partial charge >= 0.3 is 0 Å². The first kappa shape index (κ1) is 21.5. The van der Waals surface area contributed by atoms with Crippen molar-refractivity contribution in [2.24, 2.45) is 5.41 Å². The largest absolute Gasteiger partial charge is 0.350 e. The number of halogens is 3. The van der Waals surface area contributed by atoms with Crippen LogP contribution in [0.4, 0.5) is 11.4 Å². The zero-order chi connectivity index (χ0) is 20.2. The summed E-state index contributed by atoms with van der Waals surface area (Å²) in [5, 5.41) is 6.53. The smallest absolute Gasteiger partial charge is 0.272 e. The molecule has 0 spiro atoms. The summed E-state index contributed by atoms with van der Waals surface area (Å²) in [5.41, 5.74) is 0.497. The highest BCUT2D eigenvalue weighted by molar-refractivity contribution is 9.10. The lowest BCUT2D eigenvalue weighted by Crippen LogP contribution is -2.24. The van der Waals surface area contributed by atoms with Gasteiger partial charge in [-0.05, 0) is 46.3 Å². The molecule has 4 nitrogen and oxygen atoms in total. The van der Waals surface area contributed by atoms with E-state index in [9.17, 15) is 9.59 Å². The van der Waals surface area contributed by atoms with Crippen LogP contribution in [0.2, 0.25) is 10.0 Å². The molecule has 0 radical (unpaired) electrons. The molecule has 2 N–H and O–H groups in total. The Morgan fingerprint density at radius 2 is 1.67 bits per heavy atom. The van der Waals surface area contributed by atoms with Crippen LogP contribution in [0.5, 0.6) is 0 Å². The third-order valence-electron chi connectivity index (χ3n) is 3.58. The van der Waals surface area contributed by atoms with Crippen molar-refractivity contribution in [3.05, 3.63) is 68.8 Å². The zero-order valence-corrected chi connectivity index (χ0v) is 18.2. The average Bonchev–Trinajstić information content (AvgIpc) is 2.57. The van der Waals surface area contributed by atoms with Crippen molar-refractivity contribution in [2.75, 3.05) is 10.6 Å². The van der Waals surface area contributed by atoms with Gasteiger partial charge in [0.15, 0.2) is 5.78 Å². The quantitative estimate of drug-likeness (QED) is 0.504. The van der Waals surface area contributed by atoms with E-state index < -0.39 is 11.3 Å². The van der Waals surface area contributed by atoms with Gasteiger partial charge in [-0.2, -0.15) is 0 Å². The summed E-state index contributed by atoms with van der Waals surface area (Å²) in [6.07, 6.45) is 1.29. The van der Waals surface area contributed by atoms with Gasteiger partial charge in [0, 0.05) is 21.0 Å². The minimum Gasteiger partial charge on any atom is -0.350 e. The first-order chi connectivity index (χ1) is 12.6. The Bertz CT molecular complexity index is 905. The molecule has 0 heterocycles. The van der Waals surface area contributed by atoms with Gasteiger partial charge in [0.2, 0.25) is 0 Å². The van der Waals surface area contributed by atoms with E-state index in [1.807, 2.05) is 12.1 Å². The highest BCUT2D eigenvalue weighted by Gasteiger charge is 2.22. The second-order valence-corrected chi connectivity index (χ2v) is 8.55. The fourth-order valence-corrected chi connectivity index (χ4v) is 2.83. The van der Waals surface area contributed by atoms with Crippen LogP contribution in [0.3, 0.4) is 0 Å². The van der Waals surface area contributed by atoms with Crippen LogP contribution in [0, 0.1) is 5.41 Å². The number of para-hydroxylation sites is 1. The molecule has 142 valence electrons. The fourth-order valence-electron chi connectivity index (χ4n) is 1.99. The predicted molar refractivity (Wildman–Crippen MR) is 115 cm³/mol. The van der Waals surface area contributed by atoms with Gasteiger partial charge < -0.3 is 10.6 Å². The molecular weight excluding hydrogens is 451 g/mol. The number of amides is 1. The van der Waals surface area contributed by atoms with Crippen molar-refractivity contribution >= 4 is 62.2 Å². The van der Waals surface area contributed by atoms with Gasteiger partial charge in [0.25, 0.3) is 5.91 Å². The molecule has 0 aliphatic heterocycles. The lowest BCUT2D eigenvalue weighted by Gasteiger charge is -2.17. The van der Waals surface area contributed by atoms with E-state index in [0.29, 0.717) is 21.4 Å². The van der Waals surface area contributed by atoms with Gasteiger partial charge in [0.1, 0.15) is 5.70 Å². The van der Waals surface area contributed by atoms with Crippen LogP contribution in [0.25, 0.3) is 0 Å². The lowest BCUT2D eigenvalue weighted by atomic mass is 9.90. The highest BCUT2D eigenvalue weighted by atomic mass is 79.9. The van der Waals surface area contributed by atoms with Crippen LogP contribution >= 0.6 is 39.1 Å². The number of benzene rings is 2. The molecule has 0 aromatic heterocycles. The van der Waals surface area contributed by atoms with Crippen molar-refractivity contribution in [3.8, 4) is 0 Å². The normalized spacial score (nSPS) is 11.9. The average molecular weight is 470 g/mol. The van der Waals surface area contributed by atoms with Gasteiger partial charge in [-0.25, -0.2) is 0 Å². The number of nitrogens with one attached hydrogen (secondary N) is 2. The van der Waals surface area contributed by atoms with Crippen LogP contribution in [-0.2, 0) is 9.59 Å². The minimum atomic E-state index is -0.635. The van der Waals surface area contributed by atoms with Crippen molar-refractivity contribution in [1.82, 2.24) is 0 Å². The number of carbonyl (C=O) groups is 2. The molecule has 2 rings (SSSR count). The summed E-state index contributed by atoms with van der Waals surface area (Å²) in [6.45, 7) is 5.35. The Hall–Kier alpha value is -1.82. The van der Waals surface area contributed by atoms with E-state index in [1.165, 1.54) is 6.08 Å². The molecule has 7 heteroatoms. The van der Waals surface area contributed by atoms with E-state index in [4.69, 9.17) is 23.2 Å². The van der Waals surface area contributed by atoms with E-state index >= 15 is 0 Å². The number of hydrogen-bond donors (Lipinski definition) is 2. The second-order valence-electron chi connectivity index (χ2n) is 6.86. The predicted octanol–water partition coefficient (Wildman–Crippen LogP) is 6.31. The van der Waals surface area contributed by atoms with Crippen molar-refractivity contribution in [1.29, 1.82) is 0 Å². The molecule has 2 aromatic carbocycles. The summed E-state index contributed by atoms with van der Waals surface area (Å²) in [7, 11) is 0. The third-order valence-corrected chi connectivity index (χ3v) is 4.82. The molecule has 0 aliphatic rings. The molecule has 0 bridgehead atoms. The number of hydrogen-bond acceptors (Lipinski definition) is 3. The van der Waals surface area contributed by atoms with Crippen LogP contribution in [-0.4, -0.2) is 11.7 Å². The molecule has 0 saturated heterocycles. The molecule has 0 aliphatic carbocycles. The number of anilines is 2. The highest BCUT2D eigenvalue weighted by Crippen LogP contribution is 2.28. The van der Waals surface area contributed by atoms with Gasteiger partial charge in [-0.1, -0.05) is 56.1 Å². The van der Waals surface area contributed by atoms with Crippen molar-refractivity contribution in [3.63, 3.8) is 0 Å². The SMILES string of the molecule is CC(C)(C)C(=O)C=C(Nc1ccc(Cl)cc1Cl)C(=O)Nc1ccccc1Br. The lowest BCUT2D eigenvalue weighted by molar-refractivity contribution is -0.122. The maximum Gasteiger partial charge on any atom is 0.272 e. The molecule has 0 unspecified atom stereocenters. The number of allylic oxidation sites excluding steroid dienone is 1. The Kier molecular flexibility index (Phi) is 7.09. The fraction of sp³-hybridized carbons (Fsp3) is 0.200. The zero-order valence-electron chi connectivity index (χ0n) is 15.1. The topological polar surface area (TPSA) is 58.2 Å². The summed E-state index contributed by atoms with van der Waals surface area (Å²) in [6, 6.07) is 12.0. The monoisotopic (exact) mass is 468 g/mol. The van der Waals surface area contributed by atoms with Crippen molar-refractivity contribution in [2.45, 2.75) is 20.8 Å². The Morgan fingerprint density at radius 1 is 1.00 bits per heavy atom. The molecule has 1 amide bonds. The number of ketones is 1. The minimum absolute atomic E-state index is 0.0786. The second kappa shape index (κ2) is 8.91. The number of rotatable bonds is 5. The maximum absolute atomic E-state index is 12.8. The maximum atomic E-state index is 12.8. The van der Waals surface area contributed by atoms with E-state index in [0.717, 1.165) is 4.47 Å². The summed E-state index contributed by atoms with van der Waals surface area (Å²) in [4.78, 5) is 25.3. The molecule has 0 saturated carbocycles. The molecular formula is C20H19BrCl2N2O2. The van der Waals surface area contributed by atoms with Crippen LogP contribution in [0.1, 0.15) is 20.8 Å². The number of carbonyl (C=O) groups excluding carboxylic acids is 2. The first-order valence-corrected chi connectivity index (χ1v) is 9.67. The third kappa shape index (κ3) is 6.09. The molecule has 27 heavy (non-hydrogen) atoms. The Morgan fingerprint density at radius 3 is 2.26 bits per heavy atom. The standard InChI is InChI=1S/C20H19BrCl2N2O2/c1-20(2,3)18(26)11-17(24-16-9-8-12(22)10-14(16)23)19(27)25-15-7-5-4-6-13(15)21/h4-11,24H,1-3H3,(H,25,27). The molecule has 2 aromatic rings. The summed E-state index contributed by atoms with van der Waals surface area (Å²) < 4.78 is 0.726. The first-order valence-electron chi connectivity index (χ1n) is 8.12. The van der Waals surface area contributed by atoms with E-state index in [2.05, 4.69) is 26.6 Å². The molecule has 0 fully saturated rings. The Labute approximate surface area is 177 Å². The van der Waals surface area contributed by atoms with E-state index in [1.54, 1.807) is 51.1 Å². The van der Waals surface area contributed by atoms with Crippen molar-refractivity contribution < 1.29 is 9.59 Å². The van der Waals surface area contributed by atoms with Crippen LogP contribution in [0.15, 0.2) is 58.7 Å². The summed E-state index contributed by atoms with van der Waals surface area (Å²) in [5.74, 6) is -0.664. The summed E-state index contributed by atoms with van der Waals surface area (Å²) >= 11 is 15.5. The van der Waals surface area contributed by atoms with Crippen LogP contribution < -0.4 is 10.6 Å². The van der Waals surface area contributed by atoms with E-state index in [-0.39, 0.29) is 11.5 Å². The van der Waals surface area contributed by atoms with Gasteiger partial charge in [-0.15, -0.1) is 0 Å². The van der Waals surface area contributed by atoms with Gasteiger partial charge in [0.05, 0.1) is 16.4 Å². The van der Waals surface area contributed by atoms with Gasteiger partial charge in [-0.3, -0.25) is 9.59 Å².